The van der Waals surface area contributed by atoms with E-state index in [1.807, 2.05) is 0 Å². The second-order valence-electron chi connectivity index (χ2n) is 4.10. The molecule has 0 aliphatic carbocycles. The van der Waals surface area contributed by atoms with Gasteiger partial charge in [-0.3, -0.25) is 0 Å². The molecule has 1 aromatic heterocycles. The number of hydrogen-bond donors (Lipinski definition) is 1. The van der Waals surface area contributed by atoms with Crippen molar-refractivity contribution in [2.75, 3.05) is 13.7 Å². The molecule has 84 valence electrons. The Morgan fingerprint density at radius 2 is 2.40 bits per heavy atom. The van der Waals surface area contributed by atoms with Gasteiger partial charge in [0.2, 0.25) is 0 Å². The molecule has 1 aliphatic rings. The van der Waals surface area contributed by atoms with Crippen LogP contribution in [-0.2, 0) is 23.3 Å². The third-order valence-electron chi connectivity index (χ3n) is 3.18. The van der Waals surface area contributed by atoms with E-state index in [-0.39, 0.29) is 5.60 Å². The van der Waals surface area contributed by atoms with E-state index in [1.54, 1.807) is 18.4 Å². The fraction of sp³-hybridized carbons (Fsp3) is 0.727. The Bertz CT molecular complexity index is 321. The minimum Gasteiger partial charge on any atom is -0.371 e. The SMILES string of the molecule is CCC(C)(OC)c1nc2c(s1)CNCC2. The Balaban J connectivity index is 2.32. The van der Waals surface area contributed by atoms with Gasteiger partial charge >= 0.3 is 0 Å². The zero-order chi connectivity index (χ0) is 10.9. The Morgan fingerprint density at radius 1 is 1.60 bits per heavy atom. The molecule has 1 atom stereocenters. The van der Waals surface area contributed by atoms with Gasteiger partial charge in [0.1, 0.15) is 10.6 Å². The number of thiazole rings is 1. The molecule has 15 heavy (non-hydrogen) atoms. The first-order valence-corrected chi connectivity index (χ1v) is 6.26. The first-order valence-electron chi connectivity index (χ1n) is 5.44. The first kappa shape index (κ1) is 11.0. The highest BCUT2D eigenvalue weighted by Gasteiger charge is 2.29. The minimum atomic E-state index is -0.206. The van der Waals surface area contributed by atoms with Crippen molar-refractivity contribution in [1.29, 1.82) is 0 Å². The zero-order valence-corrected chi connectivity index (χ0v) is 10.4. The predicted molar refractivity (Wildman–Crippen MR) is 62.2 cm³/mol. The molecule has 2 heterocycles. The zero-order valence-electron chi connectivity index (χ0n) is 9.59. The van der Waals surface area contributed by atoms with E-state index in [0.717, 1.165) is 30.9 Å². The lowest BCUT2D eigenvalue weighted by atomic mass is 10.0. The summed E-state index contributed by atoms with van der Waals surface area (Å²) in [7, 11) is 1.77. The maximum absolute atomic E-state index is 5.58. The molecular formula is C11H18N2OS. The Kier molecular flexibility index (Phi) is 3.09. The number of aromatic nitrogens is 1. The van der Waals surface area contributed by atoms with Crippen molar-refractivity contribution in [3.63, 3.8) is 0 Å². The van der Waals surface area contributed by atoms with Crippen molar-refractivity contribution in [2.45, 2.75) is 38.8 Å². The fourth-order valence-corrected chi connectivity index (χ4v) is 3.01. The molecule has 0 radical (unpaired) electrons. The molecule has 0 spiro atoms. The molecule has 1 aromatic rings. The Morgan fingerprint density at radius 3 is 3.00 bits per heavy atom. The third kappa shape index (κ3) is 1.94. The summed E-state index contributed by atoms with van der Waals surface area (Å²) >= 11 is 1.79. The van der Waals surface area contributed by atoms with E-state index in [0.29, 0.717) is 0 Å². The highest BCUT2D eigenvalue weighted by molar-refractivity contribution is 7.11. The lowest BCUT2D eigenvalue weighted by molar-refractivity contribution is -0.00166. The summed E-state index contributed by atoms with van der Waals surface area (Å²) < 4.78 is 5.58. The number of methoxy groups -OCH3 is 1. The predicted octanol–water partition coefficient (Wildman–Crippen LogP) is 2.06. The van der Waals surface area contributed by atoms with Crippen LogP contribution in [0.15, 0.2) is 0 Å². The van der Waals surface area contributed by atoms with E-state index >= 15 is 0 Å². The number of ether oxygens (including phenoxy) is 1. The van der Waals surface area contributed by atoms with Gasteiger partial charge in [0.15, 0.2) is 0 Å². The molecule has 1 aliphatic heterocycles. The van der Waals surface area contributed by atoms with Gasteiger partial charge in [0.25, 0.3) is 0 Å². The molecule has 4 heteroatoms. The molecule has 0 amide bonds. The Labute approximate surface area is 94.9 Å². The van der Waals surface area contributed by atoms with Crippen LogP contribution in [0.2, 0.25) is 0 Å². The minimum absolute atomic E-state index is 0.206. The van der Waals surface area contributed by atoms with Crippen molar-refractivity contribution in [2.24, 2.45) is 0 Å². The van der Waals surface area contributed by atoms with Gasteiger partial charge in [-0.2, -0.15) is 0 Å². The summed E-state index contributed by atoms with van der Waals surface area (Å²) in [6, 6.07) is 0. The van der Waals surface area contributed by atoms with Crippen molar-refractivity contribution >= 4 is 11.3 Å². The van der Waals surface area contributed by atoms with Gasteiger partial charge in [0, 0.05) is 31.5 Å². The maximum atomic E-state index is 5.58. The van der Waals surface area contributed by atoms with Gasteiger partial charge in [-0.05, 0) is 13.3 Å². The smallest absolute Gasteiger partial charge is 0.125 e. The van der Waals surface area contributed by atoms with Crippen LogP contribution in [0, 0.1) is 0 Å². The van der Waals surface area contributed by atoms with Crippen LogP contribution in [0.1, 0.15) is 35.8 Å². The van der Waals surface area contributed by atoms with E-state index in [4.69, 9.17) is 9.72 Å². The number of hydrogen-bond acceptors (Lipinski definition) is 4. The summed E-state index contributed by atoms with van der Waals surface area (Å²) in [6.45, 7) is 6.27. The van der Waals surface area contributed by atoms with E-state index in [2.05, 4.69) is 19.2 Å². The van der Waals surface area contributed by atoms with Crippen molar-refractivity contribution < 1.29 is 4.74 Å². The lowest BCUT2D eigenvalue weighted by Gasteiger charge is -2.23. The first-order chi connectivity index (χ1) is 7.19. The molecule has 0 fully saturated rings. The molecule has 2 rings (SSSR count). The summed E-state index contributed by atoms with van der Waals surface area (Å²) in [5, 5.41) is 4.50. The summed E-state index contributed by atoms with van der Waals surface area (Å²) in [6.07, 6.45) is 2.01. The normalized spacial score (nSPS) is 19.7. The second-order valence-corrected chi connectivity index (χ2v) is 5.19. The van der Waals surface area contributed by atoms with Gasteiger partial charge in [-0.15, -0.1) is 11.3 Å². The monoisotopic (exact) mass is 226 g/mol. The van der Waals surface area contributed by atoms with Crippen molar-refractivity contribution in [3.05, 3.63) is 15.6 Å². The summed E-state index contributed by atoms with van der Waals surface area (Å²) in [4.78, 5) is 6.10. The molecule has 0 bridgehead atoms. The van der Waals surface area contributed by atoms with Crippen molar-refractivity contribution in [1.82, 2.24) is 10.3 Å². The fourth-order valence-electron chi connectivity index (χ4n) is 1.73. The van der Waals surface area contributed by atoms with Gasteiger partial charge < -0.3 is 10.1 Å². The second kappa shape index (κ2) is 4.20. The van der Waals surface area contributed by atoms with Crippen LogP contribution in [-0.4, -0.2) is 18.6 Å². The molecule has 1 N–H and O–H groups in total. The standard InChI is InChI=1S/C11H18N2OS/c1-4-11(2,14-3)10-13-8-5-6-12-7-9(8)15-10/h12H,4-7H2,1-3H3. The van der Waals surface area contributed by atoms with Gasteiger partial charge in [-0.1, -0.05) is 6.92 Å². The molecule has 1 unspecified atom stereocenters. The molecule has 3 nitrogen and oxygen atoms in total. The van der Waals surface area contributed by atoms with Crippen LogP contribution in [0.25, 0.3) is 0 Å². The Hall–Kier alpha value is -0.450. The number of fused-ring (bicyclic) bond motifs is 1. The quantitative estimate of drug-likeness (QED) is 0.856. The largest absolute Gasteiger partial charge is 0.371 e. The summed E-state index contributed by atoms with van der Waals surface area (Å²) in [5.74, 6) is 0. The molecular weight excluding hydrogens is 208 g/mol. The van der Waals surface area contributed by atoms with Crippen LogP contribution < -0.4 is 5.32 Å². The highest BCUT2D eigenvalue weighted by atomic mass is 32.1. The van der Waals surface area contributed by atoms with Crippen LogP contribution in [0.3, 0.4) is 0 Å². The van der Waals surface area contributed by atoms with Gasteiger partial charge in [-0.25, -0.2) is 4.98 Å². The number of rotatable bonds is 3. The van der Waals surface area contributed by atoms with Gasteiger partial charge in [0.05, 0.1) is 5.69 Å². The average molecular weight is 226 g/mol. The van der Waals surface area contributed by atoms with Crippen LogP contribution in [0.5, 0.6) is 0 Å². The topological polar surface area (TPSA) is 34.1 Å². The highest BCUT2D eigenvalue weighted by Crippen LogP contribution is 2.34. The number of nitrogens with one attached hydrogen (secondary N) is 1. The number of nitrogens with zero attached hydrogens (tertiary/aromatic N) is 1. The lowest BCUT2D eigenvalue weighted by Crippen LogP contribution is -2.23. The average Bonchev–Trinajstić information content (AvgIpc) is 2.72. The molecule has 0 saturated carbocycles. The van der Waals surface area contributed by atoms with E-state index in [1.165, 1.54) is 10.6 Å². The third-order valence-corrected chi connectivity index (χ3v) is 4.52. The van der Waals surface area contributed by atoms with Crippen LogP contribution in [0.4, 0.5) is 0 Å². The van der Waals surface area contributed by atoms with Crippen molar-refractivity contribution in [3.8, 4) is 0 Å². The molecule has 0 aromatic carbocycles. The van der Waals surface area contributed by atoms with E-state index in [9.17, 15) is 0 Å². The summed E-state index contributed by atoms with van der Waals surface area (Å²) in [5.41, 5.74) is 1.06. The van der Waals surface area contributed by atoms with E-state index < -0.39 is 0 Å². The van der Waals surface area contributed by atoms with Crippen LogP contribution >= 0.6 is 11.3 Å². The maximum Gasteiger partial charge on any atom is 0.125 e. The molecule has 0 saturated heterocycles.